The Bertz CT molecular complexity index is 423. The number of benzene rings is 1. The molecule has 4 heteroatoms. The summed E-state index contributed by atoms with van der Waals surface area (Å²) < 4.78 is 0. The molecule has 1 atom stereocenters. The summed E-state index contributed by atoms with van der Waals surface area (Å²) in [5, 5.41) is 13.9. The maximum atomic E-state index is 9.68. The Balaban J connectivity index is 2.11. The highest BCUT2D eigenvalue weighted by Gasteiger charge is 2.22. The van der Waals surface area contributed by atoms with Gasteiger partial charge in [0.1, 0.15) is 0 Å². The Labute approximate surface area is 120 Å². The molecular weight excluding hydrogens is 260 g/mol. The van der Waals surface area contributed by atoms with Gasteiger partial charge in [-0.1, -0.05) is 31.5 Å². The van der Waals surface area contributed by atoms with Crippen molar-refractivity contribution in [2.75, 3.05) is 24.5 Å². The van der Waals surface area contributed by atoms with Gasteiger partial charge in [-0.05, 0) is 31.0 Å². The molecule has 1 aromatic rings. The van der Waals surface area contributed by atoms with E-state index < -0.39 is 0 Å². The molecular formula is C15H23ClN2O. The lowest BCUT2D eigenvalue weighted by Gasteiger charge is -2.23. The van der Waals surface area contributed by atoms with Gasteiger partial charge in [0.15, 0.2) is 0 Å². The van der Waals surface area contributed by atoms with E-state index in [0.717, 1.165) is 42.3 Å². The van der Waals surface area contributed by atoms with Crippen molar-refractivity contribution >= 4 is 17.3 Å². The van der Waals surface area contributed by atoms with E-state index in [1.165, 1.54) is 0 Å². The summed E-state index contributed by atoms with van der Waals surface area (Å²) in [5.41, 5.74) is 2.29. The van der Waals surface area contributed by atoms with E-state index in [1.807, 2.05) is 12.1 Å². The summed E-state index contributed by atoms with van der Waals surface area (Å²) in [6.45, 7) is 7.75. The number of hydrogen-bond donors (Lipinski definition) is 2. The van der Waals surface area contributed by atoms with Gasteiger partial charge in [0.25, 0.3) is 0 Å². The minimum Gasteiger partial charge on any atom is -0.391 e. The normalized spacial score (nSPS) is 19.4. The summed E-state index contributed by atoms with van der Waals surface area (Å²) in [5.74, 6) is 0.625. The smallest absolute Gasteiger partial charge is 0.0731 e. The van der Waals surface area contributed by atoms with Crippen LogP contribution >= 0.6 is 11.6 Å². The van der Waals surface area contributed by atoms with Gasteiger partial charge in [-0.3, -0.25) is 0 Å². The van der Waals surface area contributed by atoms with Crippen molar-refractivity contribution in [1.29, 1.82) is 0 Å². The Morgan fingerprint density at radius 2 is 2.26 bits per heavy atom. The molecule has 0 amide bonds. The van der Waals surface area contributed by atoms with Crippen LogP contribution in [0.3, 0.4) is 0 Å². The highest BCUT2D eigenvalue weighted by atomic mass is 35.5. The van der Waals surface area contributed by atoms with Crippen molar-refractivity contribution in [2.24, 2.45) is 5.92 Å². The average molecular weight is 283 g/mol. The van der Waals surface area contributed by atoms with Gasteiger partial charge in [-0.2, -0.15) is 0 Å². The maximum Gasteiger partial charge on any atom is 0.0731 e. The van der Waals surface area contributed by atoms with Crippen LogP contribution < -0.4 is 10.2 Å². The van der Waals surface area contributed by atoms with E-state index in [4.69, 9.17) is 11.6 Å². The molecule has 19 heavy (non-hydrogen) atoms. The fourth-order valence-electron chi connectivity index (χ4n) is 2.47. The molecule has 0 aromatic heterocycles. The molecule has 3 nitrogen and oxygen atoms in total. The zero-order chi connectivity index (χ0) is 13.8. The molecule has 1 fully saturated rings. The summed E-state index contributed by atoms with van der Waals surface area (Å²) in [4.78, 5) is 2.23. The first-order chi connectivity index (χ1) is 9.08. The van der Waals surface area contributed by atoms with Gasteiger partial charge in [0.2, 0.25) is 0 Å². The molecule has 1 aliphatic rings. The largest absolute Gasteiger partial charge is 0.391 e. The van der Waals surface area contributed by atoms with Crippen LogP contribution in [0.1, 0.15) is 25.8 Å². The fraction of sp³-hybridized carbons (Fsp3) is 0.600. The third-order valence-electron chi connectivity index (χ3n) is 3.45. The van der Waals surface area contributed by atoms with Crippen LogP contribution in [0.4, 0.5) is 5.69 Å². The van der Waals surface area contributed by atoms with Crippen molar-refractivity contribution in [3.05, 3.63) is 28.8 Å². The lowest BCUT2D eigenvalue weighted by atomic mass is 10.1. The highest BCUT2D eigenvalue weighted by Crippen LogP contribution is 2.30. The average Bonchev–Trinajstić information content (AvgIpc) is 2.77. The second-order valence-electron chi connectivity index (χ2n) is 5.65. The zero-order valence-electron chi connectivity index (χ0n) is 11.7. The molecule has 1 aliphatic heterocycles. The minimum atomic E-state index is -0.213. The topological polar surface area (TPSA) is 35.5 Å². The number of rotatable bonds is 5. The third-order valence-corrected chi connectivity index (χ3v) is 3.81. The first-order valence-electron chi connectivity index (χ1n) is 6.99. The van der Waals surface area contributed by atoms with E-state index >= 15 is 0 Å². The maximum absolute atomic E-state index is 9.68. The predicted molar refractivity (Wildman–Crippen MR) is 80.8 cm³/mol. The molecule has 0 spiro atoms. The quantitative estimate of drug-likeness (QED) is 0.872. The number of anilines is 1. The van der Waals surface area contributed by atoms with E-state index in [2.05, 4.69) is 30.1 Å². The Hall–Kier alpha value is -0.770. The molecule has 0 aliphatic carbocycles. The molecule has 0 radical (unpaired) electrons. The van der Waals surface area contributed by atoms with Crippen LogP contribution in [-0.4, -0.2) is 30.8 Å². The van der Waals surface area contributed by atoms with Crippen LogP contribution in [-0.2, 0) is 6.54 Å². The molecule has 1 saturated heterocycles. The summed E-state index contributed by atoms with van der Waals surface area (Å²) in [6, 6.07) is 6.01. The van der Waals surface area contributed by atoms with Crippen LogP contribution in [0.5, 0.6) is 0 Å². The fourth-order valence-corrected chi connectivity index (χ4v) is 2.70. The number of hydrogen-bond acceptors (Lipinski definition) is 3. The molecule has 0 bridgehead atoms. The lowest BCUT2D eigenvalue weighted by molar-refractivity contribution is 0.198. The second kappa shape index (κ2) is 6.60. The molecule has 1 unspecified atom stereocenters. The standard InChI is InChI=1S/C15H23ClN2O/c1-11(2)8-17-9-13-14(16)4-3-5-15(13)18-7-6-12(19)10-18/h3-5,11-12,17,19H,6-10H2,1-2H3. The van der Waals surface area contributed by atoms with Crippen molar-refractivity contribution in [1.82, 2.24) is 5.32 Å². The third kappa shape index (κ3) is 3.85. The van der Waals surface area contributed by atoms with Gasteiger partial charge in [-0.25, -0.2) is 0 Å². The van der Waals surface area contributed by atoms with Crippen LogP contribution in [0.15, 0.2) is 18.2 Å². The molecule has 0 saturated carbocycles. The van der Waals surface area contributed by atoms with E-state index in [9.17, 15) is 5.11 Å². The van der Waals surface area contributed by atoms with E-state index in [1.54, 1.807) is 0 Å². The molecule has 2 rings (SSSR count). The van der Waals surface area contributed by atoms with Gasteiger partial charge in [0.05, 0.1) is 6.10 Å². The number of aliphatic hydroxyl groups excluding tert-OH is 1. The highest BCUT2D eigenvalue weighted by molar-refractivity contribution is 6.31. The van der Waals surface area contributed by atoms with Crippen LogP contribution in [0.2, 0.25) is 5.02 Å². The first-order valence-corrected chi connectivity index (χ1v) is 7.37. The van der Waals surface area contributed by atoms with Gasteiger partial charge >= 0.3 is 0 Å². The van der Waals surface area contributed by atoms with E-state index in [0.29, 0.717) is 12.5 Å². The van der Waals surface area contributed by atoms with Crippen molar-refractivity contribution < 1.29 is 5.11 Å². The molecule has 1 heterocycles. The minimum absolute atomic E-state index is 0.213. The SMILES string of the molecule is CC(C)CNCc1c(Cl)cccc1N1CCC(O)C1. The summed E-state index contributed by atoms with van der Waals surface area (Å²) in [7, 11) is 0. The molecule has 106 valence electrons. The first kappa shape index (κ1) is 14.6. The number of nitrogens with zero attached hydrogens (tertiary/aromatic N) is 1. The summed E-state index contributed by atoms with van der Waals surface area (Å²) in [6.07, 6.45) is 0.626. The predicted octanol–water partition coefficient (Wildman–Crippen LogP) is 2.66. The zero-order valence-corrected chi connectivity index (χ0v) is 12.5. The summed E-state index contributed by atoms with van der Waals surface area (Å²) >= 11 is 6.33. The van der Waals surface area contributed by atoms with E-state index in [-0.39, 0.29) is 6.10 Å². The Kier molecular flexibility index (Phi) is 5.08. The Morgan fingerprint density at radius 3 is 2.89 bits per heavy atom. The van der Waals surface area contributed by atoms with Gasteiger partial charge in [0, 0.05) is 35.9 Å². The molecule has 1 aromatic carbocycles. The van der Waals surface area contributed by atoms with Crippen molar-refractivity contribution in [3.8, 4) is 0 Å². The Morgan fingerprint density at radius 1 is 1.47 bits per heavy atom. The molecule has 2 N–H and O–H groups in total. The van der Waals surface area contributed by atoms with Crippen LogP contribution in [0, 0.1) is 5.92 Å². The number of halogens is 1. The number of β-amino-alcohol motifs (C(OH)–C–C–N with tert-alkyl or cyclic N) is 1. The monoisotopic (exact) mass is 282 g/mol. The lowest BCUT2D eigenvalue weighted by Crippen LogP contribution is -2.25. The number of aliphatic hydroxyl groups is 1. The van der Waals surface area contributed by atoms with Gasteiger partial charge in [-0.15, -0.1) is 0 Å². The number of nitrogens with one attached hydrogen (secondary N) is 1. The second-order valence-corrected chi connectivity index (χ2v) is 6.06. The van der Waals surface area contributed by atoms with Crippen molar-refractivity contribution in [3.63, 3.8) is 0 Å². The van der Waals surface area contributed by atoms with Crippen LogP contribution in [0.25, 0.3) is 0 Å². The van der Waals surface area contributed by atoms with Gasteiger partial charge < -0.3 is 15.3 Å². The van der Waals surface area contributed by atoms with Crippen molar-refractivity contribution in [2.45, 2.75) is 32.9 Å².